The van der Waals surface area contributed by atoms with Gasteiger partial charge in [-0.2, -0.15) is 0 Å². The zero-order valence-corrected chi connectivity index (χ0v) is 16.8. The lowest BCUT2D eigenvalue weighted by molar-refractivity contribution is -0.117. The molecule has 6 nitrogen and oxygen atoms in total. The summed E-state index contributed by atoms with van der Waals surface area (Å²) >= 11 is 0. The Kier molecular flexibility index (Phi) is 6.30. The van der Waals surface area contributed by atoms with E-state index in [1.54, 1.807) is 17.2 Å². The number of likely N-dealkylation sites (tertiary alicyclic amines) is 1. The summed E-state index contributed by atoms with van der Waals surface area (Å²) in [5.41, 5.74) is 1.38. The van der Waals surface area contributed by atoms with Gasteiger partial charge in [0.1, 0.15) is 5.76 Å². The lowest BCUT2D eigenvalue weighted by Crippen LogP contribution is -2.38. The summed E-state index contributed by atoms with van der Waals surface area (Å²) in [6.45, 7) is 3.26. The van der Waals surface area contributed by atoms with Gasteiger partial charge in [0.05, 0.1) is 12.3 Å². The largest absolute Gasteiger partial charge is 0.468 e. The van der Waals surface area contributed by atoms with Crippen LogP contribution in [0.25, 0.3) is 0 Å². The molecule has 0 saturated carbocycles. The lowest BCUT2D eigenvalue weighted by Gasteiger charge is -2.29. The Morgan fingerprint density at radius 1 is 1.03 bits per heavy atom. The SMILES string of the molecule is O=C(NCC(c1ccco1)N1CCCCCC1)c1cccc(N2CCCC2=O)c1. The topological polar surface area (TPSA) is 65.8 Å². The summed E-state index contributed by atoms with van der Waals surface area (Å²) in [6.07, 6.45) is 8.02. The van der Waals surface area contributed by atoms with E-state index in [4.69, 9.17) is 4.42 Å². The number of hydrogen-bond donors (Lipinski definition) is 1. The van der Waals surface area contributed by atoms with Crippen LogP contribution in [-0.2, 0) is 4.79 Å². The first-order valence-electron chi connectivity index (χ1n) is 10.7. The summed E-state index contributed by atoms with van der Waals surface area (Å²) < 4.78 is 5.69. The minimum absolute atomic E-state index is 0.0374. The van der Waals surface area contributed by atoms with Crippen molar-refractivity contribution in [1.82, 2.24) is 10.2 Å². The molecule has 2 amide bonds. The molecule has 6 heteroatoms. The molecule has 2 fully saturated rings. The molecular weight excluding hydrogens is 366 g/mol. The molecule has 0 bridgehead atoms. The van der Waals surface area contributed by atoms with Crippen LogP contribution in [0.5, 0.6) is 0 Å². The molecule has 4 rings (SSSR count). The fourth-order valence-electron chi connectivity index (χ4n) is 4.32. The molecule has 2 aromatic rings. The second-order valence-corrected chi connectivity index (χ2v) is 7.89. The number of benzene rings is 1. The predicted octanol–water partition coefficient (Wildman–Crippen LogP) is 3.75. The van der Waals surface area contributed by atoms with Crippen LogP contribution < -0.4 is 10.2 Å². The summed E-state index contributed by atoms with van der Waals surface area (Å²) in [5.74, 6) is 0.898. The van der Waals surface area contributed by atoms with E-state index in [9.17, 15) is 9.59 Å². The number of hydrogen-bond acceptors (Lipinski definition) is 4. The van der Waals surface area contributed by atoms with E-state index in [-0.39, 0.29) is 17.9 Å². The van der Waals surface area contributed by atoms with Crippen molar-refractivity contribution >= 4 is 17.5 Å². The van der Waals surface area contributed by atoms with E-state index in [0.717, 1.165) is 37.5 Å². The number of carbonyl (C=O) groups excluding carboxylic acids is 2. The van der Waals surface area contributed by atoms with Gasteiger partial charge in [0.2, 0.25) is 5.91 Å². The van der Waals surface area contributed by atoms with Crippen LogP contribution in [-0.4, -0.2) is 42.9 Å². The van der Waals surface area contributed by atoms with Crippen LogP contribution in [0, 0.1) is 0 Å². The van der Waals surface area contributed by atoms with Gasteiger partial charge in [-0.15, -0.1) is 0 Å². The molecule has 0 radical (unpaired) electrons. The Bertz CT molecular complexity index is 826. The van der Waals surface area contributed by atoms with Crippen molar-refractivity contribution in [3.63, 3.8) is 0 Å². The maximum atomic E-state index is 12.9. The summed E-state index contributed by atoms with van der Waals surface area (Å²) in [6, 6.07) is 11.3. The minimum Gasteiger partial charge on any atom is -0.468 e. The van der Waals surface area contributed by atoms with Gasteiger partial charge >= 0.3 is 0 Å². The average molecular weight is 396 g/mol. The highest BCUT2D eigenvalue weighted by Gasteiger charge is 2.25. The van der Waals surface area contributed by atoms with Crippen molar-refractivity contribution in [2.75, 3.05) is 31.1 Å². The van der Waals surface area contributed by atoms with Crippen LogP contribution in [0.2, 0.25) is 0 Å². The molecule has 1 unspecified atom stereocenters. The summed E-state index contributed by atoms with van der Waals surface area (Å²) in [5, 5.41) is 3.09. The number of furan rings is 1. The molecule has 1 aromatic heterocycles. The van der Waals surface area contributed by atoms with Gasteiger partial charge in [-0.1, -0.05) is 18.9 Å². The minimum atomic E-state index is -0.120. The summed E-state index contributed by atoms with van der Waals surface area (Å²) in [7, 11) is 0. The van der Waals surface area contributed by atoms with Gasteiger partial charge in [0.15, 0.2) is 0 Å². The molecule has 1 aromatic carbocycles. The third-order valence-corrected chi connectivity index (χ3v) is 5.90. The number of anilines is 1. The molecule has 0 aliphatic carbocycles. The van der Waals surface area contributed by atoms with Crippen molar-refractivity contribution < 1.29 is 14.0 Å². The predicted molar refractivity (Wildman–Crippen MR) is 112 cm³/mol. The smallest absolute Gasteiger partial charge is 0.251 e. The maximum Gasteiger partial charge on any atom is 0.251 e. The van der Waals surface area contributed by atoms with E-state index in [0.29, 0.717) is 18.5 Å². The van der Waals surface area contributed by atoms with Crippen molar-refractivity contribution in [2.45, 2.75) is 44.6 Å². The Labute approximate surface area is 171 Å². The van der Waals surface area contributed by atoms with E-state index < -0.39 is 0 Å². The zero-order chi connectivity index (χ0) is 20.1. The van der Waals surface area contributed by atoms with Crippen LogP contribution in [0.1, 0.15) is 60.7 Å². The highest BCUT2D eigenvalue weighted by Crippen LogP contribution is 2.25. The van der Waals surface area contributed by atoms with Crippen molar-refractivity contribution in [3.8, 4) is 0 Å². The number of nitrogens with zero attached hydrogens (tertiary/aromatic N) is 2. The van der Waals surface area contributed by atoms with Crippen molar-refractivity contribution in [3.05, 3.63) is 54.0 Å². The fourth-order valence-corrected chi connectivity index (χ4v) is 4.32. The van der Waals surface area contributed by atoms with Gasteiger partial charge in [-0.25, -0.2) is 0 Å². The Morgan fingerprint density at radius 3 is 2.55 bits per heavy atom. The Morgan fingerprint density at radius 2 is 1.86 bits per heavy atom. The van der Waals surface area contributed by atoms with Gasteiger partial charge in [0.25, 0.3) is 5.91 Å². The molecule has 154 valence electrons. The van der Waals surface area contributed by atoms with Crippen LogP contribution in [0.15, 0.2) is 47.1 Å². The second kappa shape index (κ2) is 9.27. The molecule has 3 heterocycles. The first-order chi connectivity index (χ1) is 14.2. The average Bonchev–Trinajstić information content (AvgIpc) is 3.34. The molecule has 29 heavy (non-hydrogen) atoms. The van der Waals surface area contributed by atoms with Gasteiger partial charge < -0.3 is 14.6 Å². The number of amides is 2. The first-order valence-corrected chi connectivity index (χ1v) is 10.7. The number of nitrogens with one attached hydrogen (secondary N) is 1. The van der Waals surface area contributed by atoms with Gasteiger partial charge in [-0.05, 0) is 62.7 Å². The fraction of sp³-hybridized carbons (Fsp3) is 0.478. The Balaban J connectivity index is 1.44. The third kappa shape index (κ3) is 4.70. The quantitative estimate of drug-likeness (QED) is 0.809. The normalized spacial score (nSPS) is 19.2. The van der Waals surface area contributed by atoms with E-state index in [2.05, 4.69) is 10.2 Å². The lowest BCUT2D eigenvalue weighted by atomic mass is 10.1. The Hall–Kier alpha value is -2.60. The van der Waals surface area contributed by atoms with Gasteiger partial charge in [-0.3, -0.25) is 14.5 Å². The molecule has 2 saturated heterocycles. The first kappa shape index (κ1) is 19.7. The molecule has 1 atom stereocenters. The highest BCUT2D eigenvalue weighted by molar-refractivity contribution is 5.99. The van der Waals surface area contributed by atoms with E-state index >= 15 is 0 Å². The number of rotatable bonds is 6. The maximum absolute atomic E-state index is 12.9. The monoisotopic (exact) mass is 395 g/mol. The number of carbonyl (C=O) groups is 2. The molecular formula is C23H29N3O3. The molecule has 1 N–H and O–H groups in total. The van der Waals surface area contributed by atoms with Crippen LogP contribution in [0.4, 0.5) is 5.69 Å². The zero-order valence-electron chi connectivity index (χ0n) is 16.8. The van der Waals surface area contributed by atoms with Crippen molar-refractivity contribution in [1.29, 1.82) is 0 Å². The highest BCUT2D eigenvalue weighted by atomic mass is 16.3. The summed E-state index contributed by atoms with van der Waals surface area (Å²) in [4.78, 5) is 29.1. The third-order valence-electron chi connectivity index (χ3n) is 5.90. The molecule has 0 spiro atoms. The van der Waals surface area contributed by atoms with Crippen LogP contribution >= 0.6 is 0 Å². The second-order valence-electron chi connectivity index (χ2n) is 7.89. The molecule has 2 aliphatic heterocycles. The van der Waals surface area contributed by atoms with Gasteiger partial charge in [0, 0.05) is 30.8 Å². The van der Waals surface area contributed by atoms with Crippen molar-refractivity contribution in [2.24, 2.45) is 0 Å². The van der Waals surface area contributed by atoms with Crippen LogP contribution in [0.3, 0.4) is 0 Å². The van der Waals surface area contributed by atoms with E-state index in [1.807, 2.05) is 30.3 Å². The molecule has 2 aliphatic rings. The standard InChI is InChI=1S/C23H29N3O3/c27-22-11-6-14-26(22)19-9-5-8-18(16-19)23(28)24-17-20(21-10-7-15-29-21)25-12-3-1-2-4-13-25/h5,7-10,15-16,20H,1-4,6,11-14,17H2,(H,24,28). The van der Waals surface area contributed by atoms with E-state index in [1.165, 1.54) is 25.7 Å².